The fourth-order valence-electron chi connectivity index (χ4n) is 1.34. The zero-order chi connectivity index (χ0) is 15.3. The van der Waals surface area contributed by atoms with E-state index in [1.54, 1.807) is 0 Å². The fraction of sp³-hybridized carbons (Fsp3) is 0.333. The molecule has 110 valence electrons. The Bertz CT molecular complexity index is 593. The number of carbonyl (C=O) groups excluding carboxylic acids is 2. The van der Waals surface area contributed by atoms with E-state index in [0.29, 0.717) is 0 Å². The highest BCUT2D eigenvalue weighted by Crippen LogP contribution is 2.14. The molecule has 7 nitrogen and oxygen atoms in total. The average molecular weight is 301 g/mol. The predicted octanol–water partition coefficient (Wildman–Crippen LogP) is 0.776. The van der Waals surface area contributed by atoms with Gasteiger partial charge in [0.05, 0.1) is 19.8 Å². The summed E-state index contributed by atoms with van der Waals surface area (Å²) >= 11 is 0. The highest BCUT2D eigenvalue weighted by atomic mass is 32.2. The van der Waals surface area contributed by atoms with Crippen molar-refractivity contribution in [3.63, 3.8) is 0 Å². The van der Waals surface area contributed by atoms with Gasteiger partial charge in [-0.05, 0) is 31.2 Å². The number of benzene rings is 1. The lowest BCUT2D eigenvalue weighted by Crippen LogP contribution is -2.33. The molecule has 1 N–H and O–H groups in total. The minimum atomic E-state index is -3.90. The summed E-state index contributed by atoms with van der Waals surface area (Å²) in [5, 5.41) is -1.34. The lowest BCUT2D eigenvalue weighted by Gasteiger charge is -2.13. The zero-order valence-electron chi connectivity index (χ0n) is 11.2. The standard InChI is InChI=1S/C12H15NO6S/c1-8(11(14)18-2)20(16,17)13-10-6-4-9(5-7-10)12(15)19-3/h4-8,13H,1-3H3. The van der Waals surface area contributed by atoms with Crippen LogP contribution in [0.15, 0.2) is 24.3 Å². The molecule has 0 saturated heterocycles. The largest absolute Gasteiger partial charge is 0.468 e. The monoisotopic (exact) mass is 301 g/mol. The first-order valence-electron chi connectivity index (χ1n) is 5.59. The summed E-state index contributed by atoms with van der Waals surface area (Å²) in [7, 11) is -1.55. The van der Waals surface area contributed by atoms with Crippen LogP contribution in [0.25, 0.3) is 0 Å². The molecule has 8 heteroatoms. The van der Waals surface area contributed by atoms with E-state index in [1.165, 1.54) is 38.3 Å². The molecule has 0 fully saturated rings. The third-order valence-electron chi connectivity index (χ3n) is 2.56. The zero-order valence-corrected chi connectivity index (χ0v) is 12.1. The highest BCUT2D eigenvalue weighted by molar-refractivity contribution is 7.94. The van der Waals surface area contributed by atoms with Gasteiger partial charge in [0, 0.05) is 5.69 Å². The molecule has 1 rings (SSSR count). The number of methoxy groups -OCH3 is 2. The summed E-state index contributed by atoms with van der Waals surface area (Å²) in [4.78, 5) is 22.5. The van der Waals surface area contributed by atoms with Gasteiger partial charge in [-0.15, -0.1) is 0 Å². The maximum atomic E-state index is 11.9. The van der Waals surface area contributed by atoms with Crippen LogP contribution in [0.3, 0.4) is 0 Å². The van der Waals surface area contributed by atoms with E-state index in [-0.39, 0.29) is 11.3 Å². The molecule has 0 aliphatic rings. The van der Waals surface area contributed by atoms with Gasteiger partial charge >= 0.3 is 11.9 Å². The van der Waals surface area contributed by atoms with Gasteiger partial charge in [-0.2, -0.15) is 0 Å². The topological polar surface area (TPSA) is 98.8 Å². The first kappa shape index (κ1) is 16.0. The van der Waals surface area contributed by atoms with Crippen LogP contribution in [0.4, 0.5) is 5.69 Å². The molecular weight excluding hydrogens is 286 g/mol. The first-order chi connectivity index (χ1) is 9.31. The van der Waals surface area contributed by atoms with E-state index < -0.39 is 27.2 Å². The molecule has 0 amide bonds. The summed E-state index contributed by atoms with van der Waals surface area (Å²) in [5.41, 5.74) is 0.518. The molecule has 1 aromatic rings. The Morgan fingerprint density at radius 3 is 2.10 bits per heavy atom. The van der Waals surface area contributed by atoms with E-state index in [9.17, 15) is 18.0 Å². The fourth-order valence-corrected chi connectivity index (χ4v) is 2.33. The Hall–Kier alpha value is -2.09. The van der Waals surface area contributed by atoms with Crippen molar-refractivity contribution < 1.29 is 27.5 Å². The van der Waals surface area contributed by atoms with Crippen LogP contribution in [-0.4, -0.2) is 39.8 Å². The lowest BCUT2D eigenvalue weighted by molar-refractivity contribution is -0.139. The molecule has 0 spiro atoms. The maximum Gasteiger partial charge on any atom is 0.337 e. The van der Waals surface area contributed by atoms with Crippen LogP contribution in [0.1, 0.15) is 17.3 Å². The molecule has 20 heavy (non-hydrogen) atoms. The van der Waals surface area contributed by atoms with Crippen LogP contribution in [0.2, 0.25) is 0 Å². The number of nitrogens with one attached hydrogen (secondary N) is 1. The molecule has 1 atom stereocenters. The van der Waals surface area contributed by atoms with Gasteiger partial charge in [-0.1, -0.05) is 0 Å². The summed E-state index contributed by atoms with van der Waals surface area (Å²) in [6.45, 7) is 1.22. The molecule has 0 aromatic heterocycles. The number of rotatable bonds is 5. The first-order valence-corrected chi connectivity index (χ1v) is 7.14. The van der Waals surface area contributed by atoms with E-state index in [0.717, 1.165) is 7.11 Å². The molecule has 0 aliphatic carbocycles. The summed E-state index contributed by atoms with van der Waals surface area (Å²) in [6.07, 6.45) is 0. The second kappa shape index (κ2) is 6.38. The Balaban J connectivity index is 2.88. The van der Waals surface area contributed by atoms with Gasteiger partial charge in [0.25, 0.3) is 0 Å². The van der Waals surface area contributed by atoms with Crippen molar-refractivity contribution in [3.8, 4) is 0 Å². The molecule has 1 aromatic carbocycles. The molecule has 0 saturated carbocycles. The third kappa shape index (κ3) is 3.70. The molecule has 1 unspecified atom stereocenters. The van der Waals surface area contributed by atoms with Crippen LogP contribution in [0.5, 0.6) is 0 Å². The number of esters is 2. The number of ether oxygens (including phenoxy) is 2. The number of carbonyl (C=O) groups is 2. The second-order valence-corrected chi connectivity index (χ2v) is 5.88. The van der Waals surface area contributed by atoms with Gasteiger partial charge in [0.1, 0.15) is 0 Å². The van der Waals surface area contributed by atoms with Crippen molar-refractivity contribution in [1.29, 1.82) is 0 Å². The summed E-state index contributed by atoms with van der Waals surface area (Å²) in [5.74, 6) is -1.38. The van der Waals surface area contributed by atoms with Crippen molar-refractivity contribution in [3.05, 3.63) is 29.8 Å². The molecule has 0 heterocycles. The van der Waals surface area contributed by atoms with Crippen molar-refractivity contribution in [2.45, 2.75) is 12.2 Å². The van der Waals surface area contributed by atoms with Gasteiger partial charge in [-0.25, -0.2) is 13.2 Å². The molecule has 0 bridgehead atoms. The van der Waals surface area contributed by atoms with E-state index in [1.807, 2.05) is 0 Å². The van der Waals surface area contributed by atoms with Crippen molar-refractivity contribution >= 4 is 27.6 Å². The second-order valence-electron chi connectivity index (χ2n) is 3.88. The Labute approximate surface area is 116 Å². The minimum Gasteiger partial charge on any atom is -0.468 e. The number of anilines is 1. The van der Waals surface area contributed by atoms with Gasteiger partial charge in [-0.3, -0.25) is 9.52 Å². The van der Waals surface area contributed by atoms with Crippen LogP contribution in [-0.2, 0) is 24.3 Å². The molecular formula is C12H15NO6S. The van der Waals surface area contributed by atoms with Gasteiger partial charge < -0.3 is 9.47 Å². The van der Waals surface area contributed by atoms with Crippen LogP contribution in [0, 0.1) is 0 Å². The lowest BCUT2D eigenvalue weighted by atomic mass is 10.2. The molecule has 0 aliphatic heterocycles. The minimum absolute atomic E-state index is 0.230. The normalized spacial score (nSPS) is 12.3. The van der Waals surface area contributed by atoms with Crippen molar-refractivity contribution in [2.24, 2.45) is 0 Å². The third-order valence-corrected chi connectivity index (χ3v) is 4.21. The van der Waals surface area contributed by atoms with Gasteiger partial charge in [0.15, 0.2) is 5.25 Å². The average Bonchev–Trinajstić information content (AvgIpc) is 2.45. The predicted molar refractivity (Wildman–Crippen MR) is 71.8 cm³/mol. The quantitative estimate of drug-likeness (QED) is 0.807. The number of sulfonamides is 1. The summed E-state index contributed by atoms with van der Waals surface area (Å²) in [6, 6.07) is 5.61. The van der Waals surface area contributed by atoms with Crippen molar-refractivity contribution in [2.75, 3.05) is 18.9 Å². The van der Waals surface area contributed by atoms with E-state index in [2.05, 4.69) is 14.2 Å². The SMILES string of the molecule is COC(=O)c1ccc(NS(=O)(=O)C(C)C(=O)OC)cc1. The van der Waals surface area contributed by atoms with E-state index >= 15 is 0 Å². The smallest absolute Gasteiger partial charge is 0.337 e. The Morgan fingerprint density at radius 2 is 1.65 bits per heavy atom. The van der Waals surface area contributed by atoms with Crippen LogP contribution < -0.4 is 4.72 Å². The van der Waals surface area contributed by atoms with Crippen molar-refractivity contribution in [1.82, 2.24) is 0 Å². The Morgan fingerprint density at radius 1 is 1.10 bits per heavy atom. The Kier molecular flexibility index (Phi) is 5.09. The summed E-state index contributed by atoms with van der Waals surface area (Å²) < 4.78 is 34.9. The number of hydrogen-bond acceptors (Lipinski definition) is 6. The van der Waals surface area contributed by atoms with Crippen LogP contribution >= 0.6 is 0 Å². The van der Waals surface area contributed by atoms with E-state index in [4.69, 9.17) is 0 Å². The van der Waals surface area contributed by atoms with Gasteiger partial charge in [0.2, 0.25) is 10.0 Å². The maximum absolute atomic E-state index is 11.9. The molecule has 0 radical (unpaired) electrons. The highest BCUT2D eigenvalue weighted by Gasteiger charge is 2.28. The number of hydrogen-bond donors (Lipinski definition) is 1.